The zero-order chi connectivity index (χ0) is 15.6. The molecule has 1 atom stereocenters. The minimum absolute atomic E-state index is 0.441. The molecule has 4 nitrogen and oxygen atoms in total. The van der Waals surface area contributed by atoms with Crippen LogP contribution in [-0.4, -0.2) is 20.2 Å². The monoisotopic (exact) mass is 307 g/mol. The van der Waals surface area contributed by atoms with E-state index in [9.17, 15) is 4.79 Å². The number of fused-ring (bicyclic) bond motifs is 3. The summed E-state index contributed by atoms with van der Waals surface area (Å²) in [6, 6.07) is 10.2. The number of aromatic nitrogens is 3. The largest absolute Gasteiger partial charge is 0.300 e. The summed E-state index contributed by atoms with van der Waals surface area (Å²) in [5.41, 5.74) is 3.19. The van der Waals surface area contributed by atoms with Crippen LogP contribution >= 0.6 is 0 Å². The lowest BCUT2D eigenvalue weighted by molar-refractivity contribution is -0.118. The Bertz CT molecular complexity index is 852. The normalized spacial score (nSPS) is 19.3. The Morgan fingerprint density at radius 2 is 2.00 bits per heavy atom. The molecule has 1 unspecified atom stereocenters. The second-order valence-electron chi connectivity index (χ2n) is 6.56. The summed E-state index contributed by atoms with van der Waals surface area (Å²) in [5.74, 6) is 1.88. The zero-order valence-electron chi connectivity index (χ0n) is 13.2. The van der Waals surface area contributed by atoms with Crippen molar-refractivity contribution in [2.45, 2.75) is 44.9 Å². The van der Waals surface area contributed by atoms with Gasteiger partial charge in [0.05, 0.1) is 11.0 Å². The quantitative estimate of drug-likeness (QED) is 0.688. The van der Waals surface area contributed by atoms with Crippen LogP contribution in [0.4, 0.5) is 0 Å². The minimum atomic E-state index is 0.441. The molecule has 2 aromatic heterocycles. The molecule has 0 amide bonds. The molecule has 1 aromatic carbocycles. The number of imidazole rings is 1. The van der Waals surface area contributed by atoms with Crippen LogP contribution < -0.4 is 0 Å². The van der Waals surface area contributed by atoms with Gasteiger partial charge in [0.15, 0.2) is 0 Å². The minimum Gasteiger partial charge on any atom is -0.300 e. The first-order valence-electron chi connectivity index (χ1n) is 8.54. The number of hydrogen-bond donors (Lipinski definition) is 0. The molecule has 1 saturated carbocycles. The van der Waals surface area contributed by atoms with Crippen LogP contribution in [0.15, 0.2) is 36.5 Å². The summed E-state index contributed by atoms with van der Waals surface area (Å²) >= 11 is 0. The van der Waals surface area contributed by atoms with Crippen molar-refractivity contribution in [3.05, 3.63) is 42.2 Å². The van der Waals surface area contributed by atoms with Crippen molar-refractivity contribution in [2.75, 3.05) is 0 Å². The first-order chi connectivity index (χ1) is 11.3. The maximum absolute atomic E-state index is 11.5. The van der Waals surface area contributed by atoms with Gasteiger partial charge < -0.3 is 0 Å². The highest BCUT2D eigenvalue weighted by Crippen LogP contribution is 2.25. The lowest BCUT2D eigenvalue weighted by atomic mass is 9.94. The fraction of sp³-hybridized carbons (Fsp3) is 0.421. The lowest BCUT2D eigenvalue weighted by Crippen LogP contribution is -2.03. The molecule has 0 aliphatic heterocycles. The number of rotatable bonds is 3. The highest BCUT2D eigenvalue weighted by Gasteiger charge is 2.16. The molecule has 4 rings (SSSR count). The number of para-hydroxylation sites is 2. The first-order valence-corrected chi connectivity index (χ1v) is 8.54. The molecule has 0 N–H and O–H groups in total. The Balaban J connectivity index is 1.50. The molecule has 0 saturated heterocycles. The van der Waals surface area contributed by atoms with Crippen LogP contribution in [0, 0.1) is 5.92 Å². The molecule has 1 fully saturated rings. The second kappa shape index (κ2) is 6.11. The van der Waals surface area contributed by atoms with E-state index in [4.69, 9.17) is 4.98 Å². The van der Waals surface area contributed by atoms with Gasteiger partial charge in [-0.2, -0.15) is 0 Å². The van der Waals surface area contributed by atoms with Crippen LogP contribution in [0.3, 0.4) is 0 Å². The van der Waals surface area contributed by atoms with E-state index in [1.54, 1.807) is 0 Å². The fourth-order valence-corrected chi connectivity index (χ4v) is 3.59. The number of aryl methyl sites for hydroxylation is 1. The first kappa shape index (κ1) is 14.4. The molecule has 23 heavy (non-hydrogen) atoms. The standard InChI is InChI=1S/C19H21N3O/c23-16-5-3-4-14(9-11-16)8-10-15-12-13-22-18-7-2-1-6-17(18)21-19(22)20-15/h1-2,6-7,12-14H,3-5,8-11H2. The van der Waals surface area contributed by atoms with Crippen molar-refractivity contribution >= 4 is 22.6 Å². The molecule has 4 heteroatoms. The number of ketones is 1. The predicted octanol–water partition coefficient (Wildman–Crippen LogP) is 3.96. The molecule has 2 heterocycles. The summed E-state index contributed by atoms with van der Waals surface area (Å²) in [6.45, 7) is 0. The summed E-state index contributed by atoms with van der Waals surface area (Å²) in [5, 5.41) is 0. The van der Waals surface area contributed by atoms with Gasteiger partial charge in [0, 0.05) is 24.7 Å². The lowest BCUT2D eigenvalue weighted by Gasteiger charge is -2.12. The number of carbonyl (C=O) groups is 1. The Kier molecular flexibility index (Phi) is 3.82. The fourth-order valence-electron chi connectivity index (χ4n) is 3.59. The van der Waals surface area contributed by atoms with Gasteiger partial charge in [0.25, 0.3) is 0 Å². The van der Waals surface area contributed by atoms with E-state index >= 15 is 0 Å². The average molecular weight is 307 g/mol. The average Bonchev–Trinajstić information content (AvgIpc) is 2.81. The number of carbonyl (C=O) groups excluding carboxylic acids is 1. The molecule has 0 radical (unpaired) electrons. The van der Waals surface area contributed by atoms with Gasteiger partial charge in [-0.15, -0.1) is 0 Å². The highest BCUT2D eigenvalue weighted by molar-refractivity contribution is 5.79. The van der Waals surface area contributed by atoms with Gasteiger partial charge in [0.2, 0.25) is 5.78 Å². The molecular formula is C19H21N3O. The topological polar surface area (TPSA) is 47.3 Å². The Morgan fingerprint density at radius 3 is 2.96 bits per heavy atom. The van der Waals surface area contributed by atoms with Gasteiger partial charge in [0.1, 0.15) is 5.78 Å². The number of benzene rings is 1. The van der Waals surface area contributed by atoms with Crippen molar-refractivity contribution in [1.29, 1.82) is 0 Å². The second-order valence-corrected chi connectivity index (χ2v) is 6.56. The SMILES string of the molecule is O=C1CCCC(CCc2ccn3c(n2)nc2ccccc23)CC1. The molecule has 0 spiro atoms. The molecule has 1 aliphatic carbocycles. The van der Waals surface area contributed by atoms with Gasteiger partial charge in [-0.3, -0.25) is 9.20 Å². The van der Waals surface area contributed by atoms with Crippen LogP contribution in [0.1, 0.15) is 44.2 Å². The van der Waals surface area contributed by atoms with Gasteiger partial charge >= 0.3 is 0 Å². The van der Waals surface area contributed by atoms with E-state index < -0.39 is 0 Å². The van der Waals surface area contributed by atoms with E-state index in [-0.39, 0.29) is 0 Å². The molecule has 118 valence electrons. The number of Topliss-reactive ketones (excluding diaryl/α,β-unsaturated/α-hetero) is 1. The Morgan fingerprint density at radius 1 is 1.09 bits per heavy atom. The predicted molar refractivity (Wildman–Crippen MR) is 90.4 cm³/mol. The summed E-state index contributed by atoms with van der Waals surface area (Å²) < 4.78 is 2.04. The smallest absolute Gasteiger partial charge is 0.235 e. The van der Waals surface area contributed by atoms with Gasteiger partial charge in [-0.1, -0.05) is 18.6 Å². The zero-order valence-corrected chi connectivity index (χ0v) is 13.2. The van der Waals surface area contributed by atoms with Crippen molar-refractivity contribution in [3.63, 3.8) is 0 Å². The Labute approximate surface area is 135 Å². The maximum atomic E-state index is 11.5. The van der Waals surface area contributed by atoms with Crippen molar-refractivity contribution in [2.24, 2.45) is 5.92 Å². The third kappa shape index (κ3) is 2.98. The highest BCUT2D eigenvalue weighted by atomic mass is 16.1. The van der Waals surface area contributed by atoms with Crippen LogP contribution in [-0.2, 0) is 11.2 Å². The van der Waals surface area contributed by atoms with Crippen molar-refractivity contribution in [1.82, 2.24) is 14.4 Å². The van der Waals surface area contributed by atoms with Crippen molar-refractivity contribution in [3.8, 4) is 0 Å². The molecule has 3 aromatic rings. The summed E-state index contributed by atoms with van der Waals surface area (Å²) in [6.07, 6.45) is 9.00. The molecule has 1 aliphatic rings. The van der Waals surface area contributed by atoms with E-state index in [0.717, 1.165) is 61.0 Å². The van der Waals surface area contributed by atoms with Gasteiger partial charge in [-0.05, 0) is 49.8 Å². The van der Waals surface area contributed by atoms with Gasteiger partial charge in [-0.25, -0.2) is 9.97 Å². The third-order valence-corrected chi connectivity index (χ3v) is 4.94. The van der Waals surface area contributed by atoms with Crippen LogP contribution in [0.5, 0.6) is 0 Å². The number of hydrogen-bond acceptors (Lipinski definition) is 3. The van der Waals surface area contributed by atoms with E-state index in [0.29, 0.717) is 11.7 Å². The van der Waals surface area contributed by atoms with E-state index in [2.05, 4.69) is 23.3 Å². The van der Waals surface area contributed by atoms with Crippen LogP contribution in [0.25, 0.3) is 16.8 Å². The molecular weight excluding hydrogens is 286 g/mol. The van der Waals surface area contributed by atoms with E-state index in [1.807, 2.05) is 22.6 Å². The van der Waals surface area contributed by atoms with Crippen molar-refractivity contribution < 1.29 is 4.79 Å². The number of nitrogens with zero attached hydrogens (tertiary/aromatic N) is 3. The Hall–Kier alpha value is -2.23. The van der Waals surface area contributed by atoms with E-state index in [1.165, 1.54) is 6.42 Å². The summed E-state index contributed by atoms with van der Waals surface area (Å²) in [4.78, 5) is 20.8. The van der Waals surface area contributed by atoms with Crippen LogP contribution in [0.2, 0.25) is 0 Å². The maximum Gasteiger partial charge on any atom is 0.235 e. The molecule has 0 bridgehead atoms. The summed E-state index contributed by atoms with van der Waals surface area (Å²) in [7, 11) is 0. The third-order valence-electron chi connectivity index (χ3n) is 4.94.